The molecule has 35 heavy (non-hydrogen) atoms. The Morgan fingerprint density at radius 3 is 2.23 bits per heavy atom. The molecule has 1 aliphatic heterocycles. The van der Waals surface area contributed by atoms with Crippen molar-refractivity contribution in [3.63, 3.8) is 0 Å². The van der Waals surface area contributed by atoms with Crippen molar-refractivity contribution < 1.29 is 14.3 Å². The van der Waals surface area contributed by atoms with E-state index < -0.39 is 6.04 Å². The van der Waals surface area contributed by atoms with Crippen LogP contribution in [0.2, 0.25) is 0 Å². The van der Waals surface area contributed by atoms with Crippen LogP contribution >= 0.6 is 12.2 Å². The number of hydrogen-bond acceptors (Lipinski definition) is 4. The second-order valence-corrected chi connectivity index (χ2v) is 10.7. The zero-order valence-corrected chi connectivity index (χ0v) is 22.4. The number of nitrogens with zero attached hydrogens (tertiary/aromatic N) is 1. The first kappa shape index (κ1) is 26.4. The largest absolute Gasteiger partial charge is 0.462 e. The molecule has 2 N–H and O–H groups in total. The van der Waals surface area contributed by atoms with Crippen molar-refractivity contribution in [3.8, 4) is 0 Å². The van der Waals surface area contributed by atoms with Crippen LogP contribution in [0.5, 0.6) is 0 Å². The Kier molecular flexibility index (Phi) is 8.00. The van der Waals surface area contributed by atoms with E-state index >= 15 is 0 Å². The second-order valence-electron chi connectivity index (χ2n) is 10.3. The highest BCUT2D eigenvalue weighted by Crippen LogP contribution is 2.31. The molecular weight excluding hydrogens is 458 g/mol. The topological polar surface area (TPSA) is 70.7 Å². The molecule has 0 saturated carbocycles. The van der Waals surface area contributed by atoms with E-state index in [0.717, 1.165) is 11.3 Å². The molecule has 7 heteroatoms. The summed E-state index contributed by atoms with van der Waals surface area (Å²) in [6, 6.07) is 14.6. The Hall–Kier alpha value is -3.19. The van der Waals surface area contributed by atoms with Crippen molar-refractivity contribution in [2.24, 2.45) is 5.92 Å². The molecule has 0 radical (unpaired) electrons. The van der Waals surface area contributed by atoms with E-state index in [1.54, 1.807) is 4.90 Å². The monoisotopic (exact) mass is 493 g/mol. The van der Waals surface area contributed by atoms with E-state index in [1.165, 1.54) is 5.56 Å². The van der Waals surface area contributed by atoms with Crippen molar-refractivity contribution in [2.45, 2.75) is 53.0 Å². The predicted molar refractivity (Wildman–Crippen MR) is 144 cm³/mol. The Labute approximate surface area is 213 Å². The van der Waals surface area contributed by atoms with Gasteiger partial charge in [0.05, 0.1) is 18.2 Å². The van der Waals surface area contributed by atoms with Crippen molar-refractivity contribution in [1.29, 1.82) is 0 Å². The summed E-state index contributed by atoms with van der Waals surface area (Å²) in [5, 5.41) is 6.72. The van der Waals surface area contributed by atoms with Crippen molar-refractivity contribution in [3.05, 3.63) is 76.5 Å². The van der Waals surface area contributed by atoms with Crippen LogP contribution in [0.25, 0.3) is 0 Å². The quantitative estimate of drug-likeness (QED) is 0.405. The smallest absolute Gasteiger partial charge is 0.338 e. The zero-order chi connectivity index (χ0) is 25.9. The molecule has 0 aromatic heterocycles. The first-order chi connectivity index (χ1) is 16.4. The Morgan fingerprint density at radius 1 is 1.09 bits per heavy atom. The average Bonchev–Trinajstić information content (AvgIpc) is 2.80. The summed E-state index contributed by atoms with van der Waals surface area (Å²) < 4.78 is 5.54. The number of anilines is 1. The maximum Gasteiger partial charge on any atom is 0.338 e. The van der Waals surface area contributed by atoms with Crippen molar-refractivity contribution in [2.75, 3.05) is 19.0 Å². The predicted octanol–water partition coefficient (Wildman–Crippen LogP) is 5.57. The van der Waals surface area contributed by atoms with E-state index in [0.29, 0.717) is 28.5 Å². The first-order valence-electron chi connectivity index (χ1n) is 11.8. The van der Waals surface area contributed by atoms with Crippen LogP contribution in [0, 0.1) is 5.92 Å². The lowest BCUT2D eigenvalue weighted by Gasteiger charge is -2.35. The number of allylic oxidation sites excluding steroid dienone is 1. The lowest BCUT2D eigenvalue weighted by molar-refractivity contribution is -0.140. The van der Waals surface area contributed by atoms with Gasteiger partial charge in [-0.15, -0.1) is 0 Å². The fourth-order valence-electron chi connectivity index (χ4n) is 3.75. The van der Waals surface area contributed by atoms with Crippen LogP contribution in [0.3, 0.4) is 0 Å². The van der Waals surface area contributed by atoms with E-state index in [-0.39, 0.29) is 23.2 Å². The summed E-state index contributed by atoms with van der Waals surface area (Å²) in [6.45, 7) is 12.6. The van der Waals surface area contributed by atoms with Gasteiger partial charge in [-0.05, 0) is 65.9 Å². The number of nitrogens with one attached hydrogen (secondary N) is 2. The van der Waals surface area contributed by atoms with Gasteiger partial charge in [0.15, 0.2) is 5.11 Å². The first-order valence-corrected chi connectivity index (χ1v) is 12.2. The maximum absolute atomic E-state index is 13.0. The number of thiocarbonyl (C=S) groups is 1. The van der Waals surface area contributed by atoms with Gasteiger partial charge < -0.3 is 20.3 Å². The summed E-state index contributed by atoms with van der Waals surface area (Å²) in [7, 11) is 1.82. The number of esters is 1. The lowest BCUT2D eigenvalue weighted by Crippen LogP contribution is -2.46. The van der Waals surface area contributed by atoms with Gasteiger partial charge in [-0.25, -0.2) is 4.79 Å². The molecule has 2 aromatic rings. The molecule has 0 aliphatic carbocycles. The third kappa shape index (κ3) is 6.28. The van der Waals surface area contributed by atoms with Gasteiger partial charge in [-0.3, -0.25) is 4.79 Å². The number of rotatable bonds is 6. The van der Waals surface area contributed by atoms with Gasteiger partial charge in [0.1, 0.15) is 0 Å². The van der Waals surface area contributed by atoms with Crippen molar-refractivity contribution >= 4 is 34.9 Å². The number of benzene rings is 2. The average molecular weight is 494 g/mol. The van der Waals surface area contributed by atoms with Crippen LogP contribution in [0.1, 0.15) is 69.1 Å². The van der Waals surface area contributed by atoms with Crippen LogP contribution in [-0.2, 0) is 14.9 Å². The standard InChI is InChI=1S/C28H35N3O3S/c1-17(2)16-34-26(33)23-18(3)31(7)27(35)30-24(23)19-10-14-22(15-11-19)29-25(32)20-8-12-21(13-9-20)28(4,5)6/h8-15,17,24H,16H2,1-7H3,(H,29,32)(H,30,35)/t24-/m1/s1. The van der Waals surface area contributed by atoms with E-state index in [9.17, 15) is 9.59 Å². The van der Waals surface area contributed by atoms with Gasteiger partial charge in [-0.1, -0.05) is 58.9 Å². The van der Waals surface area contributed by atoms with Crippen LogP contribution in [-0.4, -0.2) is 35.5 Å². The number of ether oxygens (including phenoxy) is 1. The molecule has 6 nitrogen and oxygen atoms in total. The third-order valence-electron chi connectivity index (χ3n) is 6.04. The van der Waals surface area contributed by atoms with E-state index in [4.69, 9.17) is 17.0 Å². The molecule has 0 spiro atoms. The fraction of sp³-hybridized carbons (Fsp3) is 0.393. The molecule has 0 fully saturated rings. The fourth-order valence-corrected chi connectivity index (χ4v) is 4.01. The number of amides is 1. The van der Waals surface area contributed by atoms with Gasteiger partial charge in [0.2, 0.25) is 0 Å². The molecular formula is C28H35N3O3S. The molecule has 0 bridgehead atoms. The van der Waals surface area contributed by atoms with Gasteiger partial charge >= 0.3 is 5.97 Å². The molecule has 1 amide bonds. The molecule has 1 atom stereocenters. The number of hydrogen-bond donors (Lipinski definition) is 2. The number of carbonyl (C=O) groups is 2. The summed E-state index contributed by atoms with van der Waals surface area (Å²) >= 11 is 5.47. The van der Waals surface area contributed by atoms with Gasteiger partial charge in [0.25, 0.3) is 5.91 Å². The highest BCUT2D eigenvalue weighted by molar-refractivity contribution is 7.80. The van der Waals surface area contributed by atoms with Crippen LogP contribution < -0.4 is 10.6 Å². The second kappa shape index (κ2) is 10.6. The highest BCUT2D eigenvalue weighted by atomic mass is 32.1. The summed E-state index contributed by atoms with van der Waals surface area (Å²) in [6.07, 6.45) is 0. The minimum absolute atomic E-state index is 0.0297. The SMILES string of the molecule is CC1=C(C(=O)OCC(C)C)[C@@H](c2ccc(NC(=O)c3ccc(C(C)(C)C)cc3)cc2)NC(=S)N1C. The van der Waals surface area contributed by atoms with Gasteiger partial charge in [-0.2, -0.15) is 0 Å². The maximum atomic E-state index is 13.0. The molecule has 1 heterocycles. The van der Waals surface area contributed by atoms with E-state index in [1.807, 2.05) is 76.3 Å². The summed E-state index contributed by atoms with van der Waals surface area (Å²) in [5.74, 6) is -0.300. The highest BCUT2D eigenvalue weighted by Gasteiger charge is 2.33. The number of carbonyl (C=O) groups excluding carboxylic acids is 2. The van der Waals surface area contributed by atoms with Gasteiger partial charge in [0, 0.05) is 24.0 Å². The summed E-state index contributed by atoms with van der Waals surface area (Å²) in [5.41, 5.74) is 4.59. The third-order valence-corrected chi connectivity index (χ3v) is 6.43. The Balaban J connectivity index is 1.79. The van der Waals surface area contributed by atoms with E-state index in [2.05, 4.69) is 31.4 Å². The zero-order valence-electron chi connectivity index (χ0n) is 21.6. The molecule has 1 aliphatic rings. The Bertz CT molecular complexity index is 1130. The van der Waals surface area contributed by atoms with Crippen LogP contribution in [0.15, 0.2) is 59.8 Å². The molecule has 3 rings (SSSR count). The van der Waals surface area contributed by atoms with Crippen LogP contribution in [0.4, 0.5) is 5.69 Å². The minimum atomic E-state index is -0.437. The molecule has 0 saturated heterocycles. The molecule has 0 unspecified atom stereocenters. The molecule has 2 aromatic carbocycles. The lowest BCUT2D eigenvalue weighted by atomic mass is 9.87. The minimum Gasteiger partial charge on any atom is -0.462 e. The summed E-state index contributed by atoms with van der Waals surface area (Å²) in [4.78, 5) is 27.5. The Morgan fingerprint density at radius 2 is 1.69 bits per heavy atom. The molecule has 186 valence electrons. The van der Waals surface area contributed by atoms with Crippen molar-refractivity contribution in [1.82, 2.24) is 10.2 Å². The normalized spacial score (nSPS) is 16.3.